The molecule has 3 heteroatoms. The summed E-state index contributed by atoms with van der Waals surface area (Å²) in [7, 11) is 0. The van der Waals surface area contributed by atoms with E-state index in [4.69, 9.17) is 5.11 Å². The maximum Gasteiger partial charge on any atom is 0.0431 e. The molecule has 1 saturated carbocycles. The van der Waals surface area contributed by atoms with Gasteiger partial charge in [0, 0.05) is 25.7 Å². The molecule has 2 rings (SSSR count). The number of aliphatic hydroxyl groups excluding tert-OH is 1. The molecule has 0 aromatic heterocycles. The van der Waals surface area contributed by atoms with E-state index in [-0.39, 0.29) is 0 Å². The van der Waals surface area contributed by atoms with Crippen LogP contribution in [0.3, 0.4) is 0 Å². The average molecular weight is 268 g/mol. The van der Waals surface area contributed by atoms with E-state index in [1.807, 2.05) is 0 Å². The molecule has 0 aromatic carbocycles. The fourth-order valence-electron chi connectivity index (χ4n) is 3.26. The SMILES string of the molecule is CCCCN1CC(CCCO)CC(NCC2CC2)C1. The summed E-state index contributed by atoms with van der Waals surface area (Å²) in [5.41, 5.74) is 0. The third-order valence-corrected chi connectivity index (χ3v) is 4.60. The Hall–Kier alpha value is -0.120. The molecular weight excluding hydrogens is 236 g/mol. The van der Waals surface area contributed by atoms with Gasteiger partial charge in [-0.15, -0.1) is 0 Å². The number of nitrogens with zero attached hydrogens (tertiary/aromatic N) is 1. The molecule has 0 spiro atoms. The second-order valence-corrected chi connectivity index (χ2v) is 6.63. The van der Waals surface area contributed by atoms with Gasteiger partial charge in [-0.05, 0) is 63.5 Å². The second kappa shape index (κ2) is 8.23. The van der Waals surface area contributed by atoms with Crippen molar-refractivity contribution >= 4 is 0 Å². The lowest BCUT2D eigenvalue weighted by molar-refractivity contribution is 0.128. The van der Waals surface area contributed by atoms with Crippen molar-refractivity contribution in [2.24, 2.45) is 11.8 Å². The number of nitrogens with one attached hydrogen (secondary N) is 1. The highest BCUT2D eigenvalue weighted by molar-refractivity contribution is 4.85. The molecule has 2 aliphatic rings. The molecule has 2 N–H and O–H groups in total. The van der Waals surface area contributed by atoms with Crippen LogP contribution >= 0.6 is 0 Å². The molecule has 0 radical (unpaired) electrons. The van der Waals surface area contributed by atoms with E-state index in [0.717, 1.165) is 18.3 Å². The molecule has 19 heavy (non-hydrogen) atoms. The molecule has 1 aliphatic heterocycles. The molecule has 2 fully saturated rings. The number of piperidine rings is 1. The van der Waals surface area contributed by atoms with Gasteiger partial charge in [-0.3, -0.25) is 0 Å². The van der Waals surface area contributed by atoms with Gasteiger partial charge in [-0.2, -0.15) is 0 Å². The zero-order valence-electron chi connectivity index (χ0n) is 12.6. The smallest absolute Gasteiger partial charge is 0.0431 e. The Kier molecular flexibility index (Phi) is 6.62. The third kappa shape index (κ3) is 5.80. The summed E-state index contributed by atoms with van der Waals surface area (Å²) in [6, 6.07) is 0.690. The van der Waals surface area contributed by atoms with Crippen LogP contribution in [0.4, 0.5) is 0 Å². The molecule has 1 heterocycles. The third-order valence-electron chi connectivity index (χ3n) is 4.60. The van der Waals surface area contributed by atoms with Gasteiger partial charge in [0.25, 0.3) is 0 Å². The van der Waals surface area contributed by atoms with Crippen LogP contribution in [0, 0.1) is 11.8 Å². The number of aliphatic hydroxyl groups is 1. The van der Waals surface area contributed by atoms with Crippen LogP contribution in [0.25, 0.3) is 0 Å². The van der Waals surface area contributed by atoms with E-state index in [0.29, 0.717) is 12.6 Å². The van der Waals surface area contributed by atoms with Crippen LogP contribution in [-0.4, -0.2) is 48.8 Å². The van der Waals surface area contributed by atoms with Gasteiger partial charge in [0.2, 0.25) is 0 Å². The largest absolute Gasteiger partial charge is 0.396 e. The second-order valence-electron chi connectivity index (χ2n) is 6.63. The van der Waals surface area contributed by atoms with E-state index in [2.05, 4.69) is 17.1 Å². The molecule has 2 unspecified atom stereocenters. The summed E-state index contributed by atoms with van der Waals surface area (Å²) >= 11 is 0. The van der Waals surface area contributed by atoms with Crippen LogP contribution in [0.15, 0.2) is 0 Å². The van der Waals surface area contributed by atoms with E-state index in [9.17, 15) is 0 Å². The minimum atomic E-state index is 0.353. The normalized spacial score (nSPS) is 28.7. The fourth-order valence-corrected chi connectivity index (χ4v) is 3.26. The minimum Gasteiger partial charge on any atom is -0.396 e. The lowest BCUT2D eigenvalue weighted by Gasteiger charge is -2.38. The van der Waals surface area contributed by atoms with Crippen LogP contribution in [-0.2, 0) is 0 Å². The van der Waals surface area contributed by atoms with Crippen LogP contribution in [0.1, 0.15) is 51.9 Å². The number of likely N-dealkylation sites (tertiary alicyclic amines) is 1. The molecule has 112 valence electrons. The molecular formula is C16H32N2O. The molecule has 0 bridgehead atoms. The maximum absolute atomic E-state index is 9.03. The molecule has 3 nitrogen and oxygen atoms in total. The summed E-state index contributed by atoms with van der Waals surface area (Å²) in [5, 5.41) is 12.8. The zero-order chi connectivity index (χ0) is 13.5. The number of hydrogen-bond acceptors (Lipinski definition) is 3. The monoisotopic (exact) mass is 268 g/mol. The summed E-state index contributed by atoms with van der Waals surface area (Å²) < 4.78 is 0. The lowest BCUT2D eigenvalue weighted by atomic mass is 9.90. The zero-order valence-corrected chi connectivity index (χ0v) is 12.6. The van der Waals surface area contributed by atoms with Gasteiger partial charge in [0.1, 0.15) is 0 Å². The first-order chi connectivity index (χ1) is 9.31. The minimum absolute atomic E-state index is 0.353. The molecule has 0 amide bonds. The Morgan fingerprint density at radius 2 is 2.00 bits per heavy atom. The van der Waals surface area contributed by atoms with Crippen molar-refractivity contribution in [1.82, 2.24) is 10.2 Å². The first-order valence-electron chi connectivity index (χ1n) is 8.38. The summed E-state index contributed by atoms with van der Waals surface area (Å²) in [6.45, 7) is 7.61. The Balaban J connectivity index is 1.75. The standard InChI is InChI=1S/C16H32N2O/c1-2-3-8-18-12-15(5-4-9-19)10-16(13-18)17-11-14-6-7-14/h14-17,19H,2-13H2,1H3. The van der Waals surface area contributed by atoms with Gasteiger partial charge in [0.15, 0.2) is 0 Å². The predicted molar refractivity (Wildman–Crippen MR) is 80.3 cm³/mol. The molecule has 1 saturated heterocycles. The van der Waals surface area contributed by atoms with Crippen LogP contribution < -0.4 is 5.32 Å². The van der Waals surface area contributed by atoms with Gasteiger partial charge in [-0.1, -0.05) is 13.3 Å². The Bertz CT molecular complexity index is 227. The van der Waals surface area contributed by atoms with E-state index >= 15 is 0 Å². The van der Waals surface area contributed by atoms with Crippen molar-refractivity contribution in [2.45, 2.75) is 57.9 Å². The van der Waals surface area contributed by atoms with E-state index in [1.165, 1.54) is 64.7 Å². The van der Waals surface area contributed by atoms with Crippen molar-refractivity contribution in [2.75, 3.05) is 32.8 Å². The number of rotatable bonds is 9. The Morgan fingerprint density at radius 3 is 2.68 bits per heavy atom. The van der Waals surface area contributed by atoms with E-state index in [1.54, 1.807) is 0 Å². The van der Waals surface area contributed by atoms with Crippen molar-refractivity contribution < 1.29 is 5.11 Å². The Labute approximate surface area is 118 Å². The predicted octanol–water partition coefficient (Wildman–Crippen LogP) is 2.25. The number of unbranched alkanes of at least 4 members (excludes halogenated alkanes) is 1. The van der Waals surface area contributed by atoms with Crippen molar-refractivity contribution in [1.29, 1.82) is 0 Å². The summed E-state index contributed by atoms with van der Waals surface area (Å²) in [5.74, 6) is 1.76. The van der Waals surface area contributed by atoms with Crippen molar-refractivity contribution in [3.8, 4) is 0 Å². The van der Waals surface area contributed by atoms with Gasteiger partial charge in [0.05, 0.1) is 0 Å². The quantitative estimate of drug-likeness (QED) is 0.673. The lowest BCUT2D eigenvalue weighted by Crippen LogP contribution is -2.49. The molecule has 2 atom stereocenters. The maximum atomic E-state index is 9.03. The molecule has 1 aliphatic carbocycles. The van der Waals surface area contributed by atoms with Gasteiger partial charge < -0.3 is 15.3 Å². The van der Waals surface area contributed by atoms with Gasteiger partial charge in [-0.25, -0.2) is 0 Å². The highest BCUT2D eigenvalue weighted by atomic mass is 16.2. The topological polar surface area (TPSA) is 35.5 Å². The fraction of sp³-hybridized carbons (Fsp3) is 1.00. The van der Waals surface area contributed by atoms with Crippen LogP contribution in [0.5, 0.6) is 0 Å². The first-order valence-corrected chi connectivity index (χ1v) is 8.38. The first kappa shape index (κ1) is 15.3. The number of hydrogen-bond donors (Lipinski definition) is 2. The summed E-state index contributed by atoms with van der Waals surface area (Å²) in [4.78, 5) is 2.65. The highest BCUT2D eigenvalue weighted by Gasteiger charge is 2.28. The van der Waals surface area contributed by atoms with E-state index < -0.39 is 0 Å². The summed E-state index contributed by atoms with van der Waals surface area (Å²) in [6.07, 6.45) is 8.97. The Morgan fingerprint density at radius 1 is 1.16 bits per heavy atom. The van der Waals surface area contributed by atoms with Crippen molar-refractivity contribution in [3.05, 3.63) is 0 Å². The highest BCUT2D eigenvalue weighted by Crippen LogP contribution is 2.28. The van der Waals surface area contributed by atoms with Gasteiger partial charge >= 0.3 is 0 Å². The molecule has 0 aromatic rings. The van der Waals surface area contributed by atoms with Crippen molar-refractivity contribution in [3.63, 3.8) is 0 Å². The average Bonchev–Trinajstić information content (AvgIpc) is 3.25. The van der Waals surface area contributed by atoms with Crippen LogP contribution in [0.2, 0.25) is 0 Å².